The fraction of sp³-hybridized carbons (Fsp3) is 0.176. The van der Waals surface area contributed by atoms with Crippen molar-refractivity contribution in [3.8, 4) is 5.75 Å². The summed E-state index contributed by atoms with van der Waals surface area (Å²) < 4.78 is 5.14. The molecule has 0 saturated carbocycles. The molecule has 1 aromatic heterocycles. The van der Waals surface area contributed by atoms with Gasteiger partial charge in [-0.1, -0.05) is 12.1 Å². The van der Waals surface area contributed by atoms with Gasteiger partial charge in [-0.15, -0.1) is 0 Å². The molecule has 0 saturated heterocycles. The van der Waals surface area contributed by atoms with Gasteiger partial charge in [0, 0.05) is 24.1 Å². The molecule has 0 aliphatic heterocycles. The van der Waals surface area contributed by atoms with Crippen molar-refractivity contribution in [2.75, 3.05) is 12.4 Å². The van der Waals surface area contributed by atoms with Crippen LogP contribution >= 0.6 is 0 Å². The highest BCUT2D eigenvalue weighted by Crippen LogP contribution is 2.25. The van der Waals surface area contributed by atoms with Crippen LogP contribution in [0.15, 0.2) is 42.5 Å². The van der Waals surface area contributed by atoms with Crippen LogP contribution in [0.5, 0.6) is 5.75 Å². The molecule has 2 aromatic carbocycles. The predicted molar refractivity (Wildman–Crippen MR) is 91.3 cm³/mol. The lowest BCUT2D eigenvalue weighted by Gasteiger charge is -2.10. The number of nitrogens with one attached hydrogen (secondary N) is 1. The summed E-state index contributed by atoms with van der Waals surface area (Å²) in [7, 11) is 1.63. The van der Waals surface area contributed by atoms with E-state index in [1.165, 1.54) is 12.1 Å². The Hall–Kier alpha value is -3.22. The predicted octanol–water partition coefficient (Wildman–Crippen LogP) is 3.47. The summed E-state index contributed by atoms with van der Waals surface area (Å²) >= 11 is 0. The Bertz CT molecular complexity index is 894. The molecule has 7 nitrogen and oxygen atoms in total. The Balaban J connectivity index is 1.89. The van der Waals surface area contributed by atoms with Crippen molar-refractivity contribution < 1.29 is 9.66 Å². The van der Waals surface area contributed by atoms with Crippen LogP contribution in [0.25, 0.3) is 10.9 Å². The smallest absolute Gasteiger partial charge is 0.271 e. The highest BCUT2D eigenvalue weighted by atomic mass is 16.6. The lowest BCUT2D eigenvalue weighted by molar-refractivity contribution is -0.384. The number of nitro groups is 1. The fourth-order valence-electron chi connectivity index (χ4n) is 2.41. The van der Waals surface area contributed by atoms with Crippen molar-refractivity contribution >= 4 is 22.4 Å². The van der Waals surface area contributed by atoms with Crippen LogP contribution in [-0.2, 0) is 6.54 Å². The van der Waals surface area contributed by atoms with E-state index in [9.17, 15) is 10.1 Å². The normalized spacial score (nSPS) is 10.6. The van der Waals surface area contributed by atoms with E-state index in [0.29, 0.717) is 23.7 Å². The SMILES string of the molecule is COc1ccc(CNc2nc(C)nc3cc([N+](=O)[O-])ccc23)cc1. The maximum absolute atomic E-state index is 10.9. The highest BCUT2D eigenvalue weighted by Gasteiger charge is 2.11. The Morgan fingerprint density at radius 2 is 1.92 bits per heavy atom. The van der Waals surface area contributed by atoms with Crippen molar-refractivity contribution in [1.82, 2.24) is 9.97 Å². The number of nitrogens with zero attached hydrogens (tertiary/aromatic N) is 3. The van der Waals surface area contributed by atoms with E-state index >= 15 is 0 Å². The van der Waals surface area contributed by atoms with Crippen molar-refractivity contribution in [2.24, 2.45) is 0 Å². The zero-order valence-electron chi connectivity index (χ0n) is 13.3. The van der Waals surface area contributed by atoms with Gasteiger partial charge in [-0.05, 0) is 30.7 Å². The molecule has 0 aliphatic rings. The molecule has 0 atom stereocenters. The Labute approximate surface area is 138 Å². The van der Waals surface area contributed by atoms with E-state index < -0.39 is 4.92 Å². The number of benzene rings is 2. The van der Waals surface area contributed by atoms with Gasteiger partial charge in [-0.25, -0.2) is 9.97 Å². The number of aryl methyl sites for hydroxylation is 1. The van der Waals surface area contributed by atoms with Crippen LogP contribution in [0, 0.1) is 17.0 Å². The lowest BCUT2D eigenvalue weighted by atomic mass is 10.2. The van der Waals surface area contributed by atoms with Gasteiger partial charge >= 0.3 is 0 Å². The standard InChI is InChI=1S/C17H16N4O3/c1-11-19-16-9-13(21(22)23)5-8-15(16)17(20-11)18-10-12-3-6-14(24-2)7-4-12/h3-9H,10H2,1-2H3,(H,18,19,20). The molecule has 0 bridgehead atoms. The zero-order valence-corrected chi connectivity index (χ0v) is 13.3. The quantitative estimate of drug-likeness (QED) is 0.571. The van der Waals surface area contributed by atoms with E-state index in [1.54, 1.807) is 20.1 Å². The highest BCUT2D eigenvalue weighted by molar-refractivity contribution is 5.90. The third-order valence-corrected chi connectivity index (χ3v) is 3.62. The zero-order chi connectivity index (χ0) is 17.1. The minimum absolute atomic E-state index is 0.0155. The number of non-ortho nitro benzene ring substituents is 1. The first-order chi connectivity index (χ1) is 11.6. The topological polar surface area (TPSA) is 90.2 Å². The molecule has 122 valence electrons. The number of methoxy groups -OCH3 is 1. The van der Waals surface area contributed by atoms with Gasteiger partial charge in [-0.3, -0.25) is 10.1 Å². The summed E-state index contributed by atoms with van der Waals surface area (Å²) in [5, 5.41) is 14.9. The maximum atomic E-state index is 10.9. The first-order valence-corrected chi connectivity index (χ1v) is 7.36. The first-order valence-electron chi connectivity index (χ1n) is 7.36. The molecule has 3 aromatic rings. The molecule has 3 rings (SSSR count). The second kappa shape index (κ2) is 6.49. The van der Waals surface area contributed by atoms with Crippen molar-refractivity contribution in [3.63, 3.8) is 0 Å². The number of aromatic nitrogens is 2. The minimum atomic E-state index is -0.429. The molecular weight excluding hydrogens is 308 g/mol. The van der Waals surface area contributed by atoms with E-state index in [4.69, 9.17) is 4.74 Å². The van der Waals surface area contributed by atoms with Crippen LogP contribution in [0.2, 0.25) is 0 Å². The third kappa shape index (κ3) is 3.24. The Morgan fingerprint density at radius 3 is 2.58 bits per heavy atom. The van der Waals surface area contributed by atoms with Crippen LogP contribution < -0.4 is 10.1 Å². The van der Waals surface area contributed by atoms with E-state index in [1.807, 2.05) is 24.3 Å². The summed E-state index contributed by atoms with van der Waals surface area (Å²) in [4.78, 5) is 19.2. The molecule has 0 spiro atoms. The summed E-state index contributed by atoms with van der Waals surface area (Å²) in [6.07, 6.45) is 0. The lowest BCUT2D eigenvalue weighted by Crippen LogP contribution is -2.04. The third-order valence-electron chi connectivity index (χ3n) is 3.62. The van der Waals surface area contributed by atoms with Gasteiger partial charge in [-0.2, -0.15) is 0 Å². The minimum Gasteiger partial charge on any atom is -0.497 e. The summed E-state index contributed by atoms with van der Waals surface area (Å²) in [6.45, 7) is 2.34. The monoisotopic (exact) mass is 324 g/mol. The van der Waals surface area contributed by atoms with Gasteiger partial charge < -0.3 is 10.1 Å². The van der Waals surface area contributed by atoms with E-state index in [-0.39, 0.29) is 5.69 Å². The van der Waals surface area contributed by atoms with Crippen molar-refractivity contribution in [2.45, 2.75) is 13.5 Å². The molecule has 0 aliphatic carbocycles. The second-order valence-electron chi connectivity index (χ2n) is 5.28. The molecule has 1 heterocycles. The summed E-state index contributed by atoms with van der Waals surface area (Å²) in [5.41, 5.74) is 1.64. The summed E-state index contributed by atoms with van der Waals surface area (Å²) in [6, 6.07) is 12.3. The van der Waals surface area contributed by atoms with Crippen LogP contribution in [0.4, 0.5) is 11.5 Å². The van der Waals surface area contributed by atoms with E-state index in [0.717, 1.165) is 16.7 Å². The van der Waals surface area contributed by atoms with E-state index in [2.05, 4.69) is 15.3 Å². The molecule has 0 unspecified atom stereocenters. The largest absolute Gasteiger partial charge is 0.497 e. The van der Waals surface area contributed by atoms with Gasteiger partial charge in [0.15, 0.2) is 0 Å². The Morgan fingerprint density at radius 1 is 1.17 bits per heavy atom. The molecule has 24 heavy (non-hydrogen) atoms. The number of rotatable bonds is 5. The number of nitro benzene ring substituents is 1. The molecule has 1 N–H and O–H groups in total. The van der Waals surface area contributed by atoms with Gasteiger partial charge in [0.1, 0.15) is 17.4 Å². The number of fused-ring (bicyclic) bond motifs is 1. The van der Waals surface area contributed by atoms with Gasteiger partial charge in [0.25, 0.3) is 5.69 Å². The second-order valence-corrected chi connectivity index (χ2v) is 5.28. The number of anilines is 1. The maximum Gasteiger partial charge on any atom is 0.271 e. The van der Waals surface area contributed by atoms with Crippen LogP contribution in [0.3, 0.4) is 0 Å². The van der Waals surface area contributed by atoms with Crippen molar-refractivity contribution in [1.29, 1.82) is 0 Å². The van der Waals surface area contributed by atoms with Crippen LogP contribution in [-0.4, -0.2) is 22.0 Å². The van der Waals surface area contributed by atoms with Gasteiger partial charge in [0.2, 0.25) is 0 Å². The molecule has 0 amide bonds. The number of hydrogen-bond donors (Lipinski definition) is 1. The Kier molecular flexibility index (Phi) is 4.24. The van der Waals surface area contributed by atoms with Crippen molar-refractivity contribution in [3.05, 3.63) is 64.0 Å². The fourth-order valence-corrected chi connectivity index (χ4v) is 2.41. The average Bonchev–Trinajstić information content (AvgIpc) is 2.59. The number of ether oxygens (including phenoxy) is 1. The molecule has 0 fully saturated rings. The van der Waals surface area contributed by atoms with Gasteiger partial charge in [0.05, 0.1) is 17.5 Å². The van der Waals surface area contributed by atoms with Crippen LogP contribution in [0.1, 0.15) is 11.4 Å². The summed E-state index contributed by atoms with van der Waals surface area (Å²) in [5.74, 6) is 2.01. The molecule has 7 heteroatoms. The molecular formula is C17H16N4O3. The number of hydrogen-bond acceptors (Lipinski definition) is 6. The molecule has 0 radical (unpaired) electrons. The average molecular weight is 324 g/mol. The first kappa shape index (κ1) is 15.7.